The number of anilines is 1. The molecule has 3 saturated heterocycles. The van der Waals surface area contributed by atoms with Crippen LogP contribution >= 0.6 is 0 Å². The summed E-state index contributed by atoms with van der Waals surface area (Å²) in [6, 6.07) is 14.0. The number of benzene rings is 2. The summed E-state index contributed by atoms with van der Waals surface area (Å²) in [7, 11) is 0. The summed E-state index contributed by atoms with van der Waals surface area (Å²) < 4.78 is 11.4. The zero-order valence-electron chi connectivity index (χ0n) is 32.1. The number of nitrogens with one attached hydrogen (secondary N) is 1. The van der Waals surface area contributed by atoms with Gasteiger partial charge >= 0.3 is 18.3 Å². The van der Waals surface area contributed by atoms with Gasteiger partial charge in [0, 0.05) is 64.0 Å². The maximum atomic E-state index is 14.2. The molecule has 4 aliphatic rings. The molecule has 0 bridgehead atoms. The van der Waals surface area contributed by atoms with Gasteiger partial charge in [-0.25, -0.2) is 14.4 Å². The van der Waals surface area contributed by atoms with Crippen LogP contribution in [0, 0.1) is 25.7 Å². The van der Waals surface area contributed by atoms with E-state index in [1.54, 1.807) is 9.96 Å². The Morgan fingerprint density at radius 3 is 2.06 bits per heavy atom. The molecular formula is C41H57N5O7. The number of carbonyl (C=O) groups excluding carboxylic acids is 4. The molecule has 0 aliphatic carbocycles. The molecule has 4 aliphatic heterocycles. The summed E-state index contributed by atoms with van der Waals surface area (Å²) in [5.74, 6) is 0.824. The number of hydrogen-bond acceptors (Lipinski definition) is 8. The Hall–Kier alpha value is -4.32. The molecule has 288 valence electrons. The van der Waals surface area contributed by atoms with Crippen molar-refractivity contribution >= 4 is 29.9 Å². The van der Waals surface area contributed by atoms with E-state index in [1.807, 2.05) is 68.7 Å². The van der Waals surface area contributed by atoms with Crippen molar-refractivity contribution in [2.24, 2.45) is 11.8 Å². The predicted octanol–water partition coefficient (Wildman–Crippen LogP) is 6.72. The van der Waals surface area contributed by atoms with Gasteiger partial charge in [-0.05, 0) is 109 Å². The van der Waals surface area contributed by atoms with Crippen molar-refractivity contribution in [1.29, 1.82) is 0 Å². The van der Waals surface area contributed by atoms with Crippen molar-refractivity contribution in [2.75, 3.05) is 51.1 Å². The first-order chi connectivity index (χ1) is 25.3. The van der Waals surface area contributed by atoms with E-state index in [0.29, 0.717) is 76.9 Å². The number of hydroxylamine groups is 2. The second kappa shape index (κ2) is 16.8. The molecule has 4 heterocycles. The van der Waals surface area contributed by atoms with Gasteiger partial charge < -0.3 is 34.3 Å². The highest BCUT2D eigenvalue weighted by Gasteiger charge is 2.37. The summed E-state index contributed by atoms with van der Waals surface area (Å²) in [6.07, 6.45) is 3.92. The summed E-state index contributed by atoms with van der Waals surface area (Å²) in [4.78, 5) is 64.0. The van der Waals surface area contributed by atoms with Gasteiger partial charge in [-0.2, -0.15) is 0 Å². The third-order valence-corrected chi connectivity index (χ3v) is 11.1. The standard InChI is InChI=1S/C41H57N5O7/c1-28-24-29(2)26-30(25-28)27-36(37(47)43-17-10-31(11-18-43)32-12-21-45(22-13-32)53-40(50)52-41(3,4)5)51-39(49)44-19-15-34(16-20-44)46-23-14-33-8-6-7-9-35(33)42-38(46)48/h6-9,24-26,31-32,34,36H,10-23,27H2,1-5H3,(H,42,48)/t36-/m1/s1. The third kappa shape index (κ3) is 10.2. The van der Waals surface area contributed by atoms with Crippen molar-refractivity contribution in [1.82, 2.24) is 19.8 Å². The number of carbonyl (C=O) groups is 4. The maximum absolute atomic E-state index is 14.2. The minimum absolute atomic E-state index is 0.0205. The number of rotatable bonds is 7. The van der Waals surface area contributed by atoms with Gasteiger partial charge in [0.05, 0.1) is 0 Å². The quantitative estimate of drug-likeness (QED) is 0.312. The fraction of sp³-hybridized carbons (Fsp3) is 0.610. The molecule has 0 saturated carbocycles. The Morgan fingerprint density at radius 2 is 1.42 bits per heavy atom. The highest BCUT2D eigenvalue weighted by molar-refractivity contribution is 5.91. The number of nitrogens with zero attached hydrogens (tertiary/aromatic N) is 4. The van der Waals surface area contributed by atoms with Crippen LogP contribution in [0.3, 0.4) is 0 Å². The minimum Gasteiger partial charge on any atom is -0.436 e. The Bertz CT molecular complexity index is 1600. The van der Waals surface area contributed by atoms with E-state index >= 15 is 0 Å². The first kappa shape index (κ1) is 38.4. The van der Waals surface area contributed by atoms with Crippen LogP contribution in [0.25, 0.3) is 0 Å². The summed E-state index contributed by atoms with van der Waals surface area (Å²) >= 11 is 0. The molecule has 2 aromatic rings. The van der Waals surface area contributed by atoms with Crippen molar-refractivity contribution < 1.29 is 33.5 Å². The van der Waals surface area contributed by atoms with E-state index in [4.69, 9.17) is 14.3 Å². The van der Waals surface area contributed by atoms with E-state index in [9.17, 15) is 19.2 Å². The number of ether oxygens (including phenoxy) is 2. The van der Waals surface area contributed by atoms with Crippen LogP contribution in [0.2, 0.25) is 0 Å². The molecule has 3 fully saturated rings. The van der Waals surface area contributed by atoms with Gasteiger partial charge in [0.1, 0.15) is 5.60 Å². The highest BCUT2D eigenvalue weighted by atomic mass is 16.8. The van der Waals surface area contributed by atoms with Gasteiger partial charge in [-0.1, -0.05) is 47.5 Å². The zero-order chi connectivity index (χ0) is 37.7. The van der Waals surface area contributed by atoms with Crippen LogP contribution in [-0.2, 0) is 31.9 Å². The summed E-state index contributed by atoms with van der Waals surface area (Å²) in [5, 5.41) is 4.75. The number of amides is 4. The summed E-state index contributed by atoms with van der Waals surface area (Å²) in [5.41, 5.74) is 4.55. The number of hydrogen-bond donors (Lipinski definition) is 1. The van der Waals surface area contributed by atoms with E-state index in [1.165, 1.54) is 0 Å². The average Bonchev–Trinajstić information content (AvgIpc) is 3.28. The van der Waals surface area contributed by atoms with Gasteiger partial charge in [0.15, 0.2) is 6.10 Å². The predicted molar refractivity (Wildman–Crippen MR) is 201 cm³/mol. The number of aryl methyl sites for hydroxylation is 2. The molecule has 12 nitrogen and oxygen atoms in total. The third-order valence-electron chi connectivity index (χ3n) is 11.1. The number of likely N-dealkylation sites (tertiary alicyclic amines) is 2. The van der Waals surface area contributed by atoms with Gasteiger partial charge in [-0.15, -0.1) is 5.06 Å². The lowest BCUT2D eigenvalue weighted by molar-refractivity contribution is -0.158. The lowest BCUT2D eigenvalue weighted by Gasteiger charge is -2.40. The second-order valence-electron chi connectivity index (χ2n) is 16.3. The number of para-hydroxylation sites is 1. The van der Waals surface area contributed by atoms with Gasteiger partial charge in [0.2, 0.25) is 0 Å². The van der Waals surface area contributed by atoms with Crippen molar-refractivity contribution in [3.05, 3.63) is 64.7 Å². The monoisotopic (exact) mass is 731 g/mol. The van der Waals surface area contributed by atoms with E-state index in [2.05, 4.69) is 23.5 Å². The molecule has 1 atom stereocenters. The minimum atomic E-state index is -0.930. The Morgan fingerprint density at radius 1 is 0.811 bits per heavy atom. The van der Waals surface area contributed by atoms with Crippen LogP contribution in [0.15, 0.2) is 42.5 Å². The number of urea groups is 1. The SMILES string of the molecule is Cc1cc(C)cc(C[C@@H](OC(=O)N2CCC(N3CCc4ccccc4NC3=O)CC2)C(=O)N2CCC(C3CCN(OC(=O)OC(C)(C)C)CC3)CC2)c1. The molecular weight excluding hydrogens is 674 g/mol. The fourth-order valence-corrected chi connectivity index (χ4v) is 8.48. The molecule has 0 unspecified atom stereocenters. The molecule has 0 aromatic heterocycles. The smallest absolute Gasteiger partial charge is 0.436 e. The lowest BCUT2D eigenvalue weighted by atomic mass is 9.79. The average molecular weight is 732 g/mol. The van der Waals surface area contributed by atoms with Crippen LogP contribution in [-0.4, -0.2) is 108 Å². The van der Waals surface area contributed by atoms with Crippen LogP contribution in [0.4, 0.5) is 20.1 Å². The second-order valence-corrected chi connectivity index (χ2v) is 16.3. The van der Waals surface area contributed by atoms with Crippen LogP contribution < -0.4 is 5.32 Å². The zero-order valence-corrected chi connectivity index (χ0v) is 32.1. The number of piperidine rings is 3. The fourth-order valence-electron chi connectivity index (χ4n) is 8.48. The van der Waals surface area contributed by atoms with Crippen molar-refractivity contribution in [2.45, 2.75) is 104 Å². The van der Waals surface area contributed by atoms with Crippen molar-refractivity contribution in [3.8, 4) is 0 Å². The lowest BCUT2D eigenvalue weighted by Crippen LogP contribution is -2.52. The molecule has 4 amide bonds. The van der Waals surface area contributed by atoms with Gasteiger partial charge in [-0.3, -0.25) is 4.79 Å². The van der Waals surface area contributed by atoms with Crippen LogP contribution in [0.1, 0.15) is 81.5 Å². The maximum Gasteiger partial charge on any atom is 0.528 e. The van der Waals surface area contributed by atoms with Crippen LogP contribution in [0.5, 0.6) is 0 Å². The molecule has 1 N–H and O–H groups in total. The number of fused-ring (bicyclic) bond motifs is 1. The van der Waals surface area contributed by atoms with Crippen molar-refractivity contribution in [3.63, 3.8) is 0 Å². The first-order valence-corrected chi connectivity index (χ1v) is 19.4. The molecule has 2 aromatic carbocycles. The molecule has 0 spiro atoms. The van der Waals surface area contributed by atoms with Gasteiger partial charge in [0.25, 0.3) is 5.91 Å². The normalized spacial score (nSPS) is 20.2. The first-order valence-electron chi connectivity index (χ1n) is 19.4. The molecule has 0 radical (unpaired) electrons. The Balaban J connectivity index is 1.02. The molecule has 6 rings (SSSR count). The summed E-state index contributed by atoms with van der Waals surface area (Å²) in [6.45, 7) is 13.6. The van der Waals surface area contributed by atoms with E-state index < -0.39 is 24.0 Å². The Kier molecular flexibility index (Phi) is 12.2. The molecule has 12 heteroatoms. The largest absolute Gasteiger partial charge is 0.528 e. The molecule has 53 heavy (non-hydrogen) atoms. The topological polar surface area (TPSA) is 121 Å². The Labute approximate surface area is 314 Å². The highest BCUT2D eigenvalue weighted by Crippen LogP contribution is 2.33. The van der Waals surface area contributed by atoms with E-state index in [0.717, 1.165) is 60.0 Å². The van der Waals surface area contributed by atoms with E-state index in [-0.39, 0.29) is 18.0 Å².